The number of nitrogens with zero attached hydrogens (tertiary/aromatic N) is 2. The van der Waals surface area contributed by atoms with Crippen molar-refractivity contribution < 1.29 is 19.5 Å². The van der Waals surface area contributed by atoms with Crippen molar-refractivity contribution in [1.82, 2.24) is 5.32 Å². The third-order valence-corrected chi connectivity index (χ3v) is 5.78. The average molecular weight is 416 g/mol. The summed E-state index contributed by atoms with van der Waals surface area (Å²) in [4.78, 5) is 36.3. The highest BCUT2D eigenvalue weighted by Gasteiger charge is 2.30. The molecule has 8 nitrogen and oxygen atoms in total. The fraction of sp³-hybridized carbons (Fsp3) is 0.167. The number of amides is 2. The predicted octanol–water partition coefficient (Wildman–Crippen LogP) is 2.79. The van der Waals surface area contributed by atoms with Gasteiger partial charge in [0.1, 0.15) is 5.25 Å². The highest BCUT2D eigenvalue weighted by atomic mass is 32.2. The monoisotopic (exact) mass is 416 g/mol. The number of carbonyl (C=O) groups is 3. The number of rotatable bonds is 5. The second kappa shape index (κ2) is 8.81. The largest absolute Gasteiger partial charge is 0.478 e. The Balaban J connectivity index is 1.67. The molecule has 2 amide bonds. The minimum atomic E-state index is -1.04. The zero-order valence-corrected chi connectivity index (χ0v) is 16.3. The fourth-order valence-corrected chi connectivity index (χ4v) is 3.92. The van der Waals surface area contributed by atoms with E-state index in [-0.39, 0.29) is 29.0 Å². The van der Waals surface area contributed by atoms with Crippen LogP contribution in [-0.4, -0.2) is 39.0 Å². The summed E-state index contributed by atoms with van der Waals surface area (Å²) in [5.41, 5.74) is 1.28. The van der Waals surface area contributed by atoms with Crippen molar-refractivity contribution >= 4 is 57.4 Å². The first-order valence-electron chi connectivity index (χ1n) is 8.19. The molecule has 0 unspecified atom stereocenters. The van der Waals surface area contributed by atoms with E-state index in [1.54, 1.807) is 0 Å². The maximum atomic E-state index is 12.5. The lowest BCUT2D eigenvalue weighted by Crippen LogP contribution is -2.41. The summed E-state index contributed by atoms with van der Waals surface area (Å²) in [5.74, 6) is -1.73. The van der Waals surface area contributed by atoms with E-state index < -0.39 is 11.2 Å². The van der Waals surface area contributed by atoms with Crippen molar-refractivity contribution in [2.45, 2.75) is 18.6 Å². The lowest BCUT2D eigenvalue weighted by Gasteiger charge is -2.21. The highest BCUT2D eigenvalue weighted by Crippen LogP contribution is 2.23. The first kappa shape index (κ1) is 19.8. The first-order valence-corrected chi connectivity index (χ1v) is 9.95. The number of thioether (sulfide) groups is 1. The van der Waals surface area contributed by atoms with E-state index in [2.05, 4.69) is 20.8 Å². The second-order valence-corrected chi connectivity index (χ2v) is 7.94. The van der Waals surface area contributed by atoms with Crippen LogP contribution in [0.25, 0.3) is 0 Å². The van der Waals surface area contributed by atoms with E-state index in [1.165, 1.54) is 35.6 Å². The Kier molecular flexibility index (Phi) is 6.22. The van der Waals surface area contributed by atoms with Gasteiger partial charge in [-0.2, -0.15) is 5.10 Å². The number of anilines is 1. The molecule has 1 aliphatic rings. The van der Waals surface area contributed by atoms with Crippen LogP contribution in [0.3, 0.4) is 0 Å². The molecule has 0 radical (unpaired) electrons. The molecule has 1 saturated heterocycles. The Hall–Kier alpha value is -2.98. The van der Waals surface area contributed by atoms with Crippen LogP contribution in [0, 0.1) is 0 Å². The summed E-state index contributed by atoms with van der Waals surface area (Å²) in [7, 11) is 0. The van der Waals surface area contributed by atoms with Gasteiger partial charge in [0.2, 0.25) is 11.8 Å². The second-order valence-electron chi connectivity index (χ2n) is 5.80. The number of thiophene rings is 1. The van der Waals surface area contributed by atoms with Crippen molar-refractivity contribution in [2.75, 3.05) is 5.32 Å². The van der Waals surface area contributed by atoms with Gasteiger partial charge in [0.15, 0.2) is 5.17 Å². The van der Waals surface area contributed by atoms with Crippen molar-refractivity contribution in [3.8, 4) is 0 Å². The van der Waals surface area contributed by atoms with Gasteiger partial charge in [0.25, 0.3) is 0 Å². The number of amidine groups is 1. The molecule has 0 spiro atoms. The summed E-state index contributed by atoms with van der Waals surface area (Å²) in [6.45, 7) is 1.82. The molecule has 1 aromatic carbocycles. The zero-order chi connectivity index (χ0) is 20.1. The third kappa shape index (κ3) is 5.05. The van der Waals surface area contributed by atoms with Gasteiger partial charge in [-0.3, -0.25) is 9.59 Å². The van der Waals surface area contributed by atoms with Gasteiger partial charge in [0, 0.05) is 12.1 Å². The van der Waals surface area contributed by atoms with Crippen LogP contribution in [0.5, 0.6) is 0 Å². The van der Waals surface area contributed by atoms with Crippen molar-refractivity contribution in [1.29, 1.82) is 0 Å². The molecule has 3 rings (SSSR count). The van der Waals surface area contributed by atoms with Gasteiger partial charge in [-0.15, -0.1) is 16.4 Å². The molecule has 2 heterocycles. The van der Waals surface area contributed by atoms with Crippen LogP contribution in [0.1, 0.15) is 28.6 Å². The fourth-order valence-electron chi connectivity index (χ4n) is 2.31. The van der Waals surface area contributed by atoms with E-state index in [1.807, 2.05) is 24.4 Å². The Morgan fingerprint density at radius 1 is 1.25 bits per heavy atom. The minimum absolute atomic E-state index is 0.0103. The number of carboxylic acids is 1. The SMILES string of the molecule is C/C(=N/N=C1/NC(=O)C[C@H](C(=O)Nc2ccc(C(=O)O)cc2)S1)c1cccs1. The number of benzene rings is 1. The first-order chi connectivity index (χ1) is 13.4. The molecule has 144 valence electrons. The van der Waals surface area contributed by atoms with Gasteiger partial charge in [-0.05, 0) is 42.6 Å². The number of carbonyl (C=O) groups excluding carboxylic acids is 2. The van der Waals surface area contributed by atoms with E-state index in [0.717, 1.165) is 16.6 Å². The van der Waals surface area contributed by atoms with E-state index in [0.29, 0.717) is 11.4 Å². The van der Waals surface area contributed by atoms with Crippen molar-refractivity contribution in [2.24, 2.45) is 10.2 Å². The van der Waals surface area contributed by atoms with Crippen LogP contribution in [0.2, 0.25) is 0 Å². The quantitative estimate of drug-likeness (QED) is 0.511. The standard InChI is InChI=1S/C18H16N4O4S2/c1-10(13-3-2-8-27-13)21-22-18-20-15(23)9-14(28-18)16(24)19-12-6-4-11(5-7-12)17(25)26/h2-8,14H,9H2,1H3,(H,19,24)(H,25,26)(H,20,22,23)/b21-10-/t14-/m1/s1. The minimum Gasteiger partial charge on any atom is -0.478 e. The molecule has 1 fully saturated rings. The number of hydrogen-bond donors (Lipinski definition) is 3. The Morgan fingerprint density at radius 2 is 2.00 bits per heavy atom. The highest BCUT2D eigenvalue weighted by molar-refractivity contribution is 8.15. The van der Waals surface area contributed by atoms with Crippen LogP contribution in [-0.2, 0) is 9.59 Å². The molecule has 0 bridgehead atoms. The molecule has 0 saturated carbocycles. The third-order valence-electron chi connectivity index (χ3n) is 3.73. The molecular weight excluding hydrogens is 400 g/mol. The number of aromatic carboxylic acids is 1. The Labute approximate surface area is 168 Å². The van der Waals surface area contributed by atoms with E-state index in [4.69, 9.17) is 5.11 Å². The van der Waals surface area contributed by atoms with Gasteiger partial charge in [-0.25, -0.2) is 4.79 Å². The normalized spacial score (nSPS) is 18.6. The lowest BCUT2D eigenvalue weighted by molar-refractivity contribution is -0.123. The van der Waals surface area contributed by atoms with Crippen molar-refractivity contribution in [3.05, 3.63) is 52.2 Å². The van der Waals surface area contributed by atoms with E-state index >= 15 is 0 Å². The molecule has 3 N–H and O–H groups in total. The molecule has 28 heavy (non-hydrogen) atoms. The molecule has 0 aliphatic carbocycles. The van der Waals surface area contributed by atoms with Crippen LogP contribution >= 0.6 is 23.1 Å². The molecule has 1 aliphatic heterocycles. The van der Waals surface area contributed by atoms with Crippen molar-refractivity contribution in [3.63, 3.8) is 0 Å². The predicted molar refractivity (Wildman–Crippen MR) is 110 cm³/mol. The van der Waals surface area contributed by atoms with Gasteiger partial charge < -0.3 is 15.7 Å². The van der Waals surface area contributed by atoms with Crippen LogP contribution < -0.4 is 10.6 Å². The molecule has 1 atom stereocenters. The molecular formula is C18H16N4O4S2. The van der Waals surface area contributed by atoms with Gasteiger partial charge in [-0.1, -0.05) is 17.8 Å². The van der Waals surface area contributed by atoms with Crippen LogP contribution in [0.4, 0.5) is 5.69 Å². The van der Waals surface area contributed by atoms with E-state index in [9.17, 15) is 14.4 Å². The number of carboxylic acid groups (broad SMARTS) is 1. The van der Waals surface area contributed by atoms with Gasteiger partial charge in [0.05, 0.1) is 16.2 Å². The maximum Gasteiger partial charge on any atom is 0.335 e. The van der Waals surface area contributed by atoms with Crippen LogP contribution in [0.15, 0.2) is 52.0 Å². The number of hydrogen-bond acceptors (Lipinski definition) is 7. The Bertz CT molecular complexity index is 952. The molecule has 10 heteroatoms. The summed E-state index contributed by atoms with van der Waals surface area (Å²) in [6, 6.07) is 9.62. The zero-order valence-electron chi connectivity index (χ0n) is 14.7. The maximum absolute atomic E-state index is 12.5. The lowest BCUT2D eigenvalue weighted by atomic mass is 10.2. The summed E-state index contributed by atoms with van der Waals surface area (Å²) >= 11 is 2.65. The summed E-state index contributed by atoms with van der Waals surface area (Å²) in [5, 5.41) is 23.9. The number of nitrogens with one attached hydrogen (secondary N) is 2. The molecule has 2 aromatic rings. The summed E-state index contributed by atoms with van der Waals surface area (Å²) < 4.78 is 0. The Morgan fingerprint density at radius 3 is 2.64 bits per heavy atom. The van der Waals surface area contributed by atoms with Gasteiger partial charge >= 0.3 is 5.97 Å². The molecule has 1 aromatic heterocycles. The summed E-state index contributed by atoms with van der Waals surface area (Å²) in [6.07, 6.45) is 0.0103. The topological polar surface area (TPSA) is 120 Å². The smallest absolute Gasteiger partial charge is 0.335 e. The average Bonchev–Trinajstić information content (AvgIpc) is 3.21.